The van der Waals surface area contributed by atoms with E-state index in [1.807, 2.05) is 42.5 Å². The zero-order valence-corrected chi connectivity index (χ0v) is 14.7. The van der Waals surface area contributed by atoms with Crippen molar-refractivity contribution < 1.29 is 19.1 Å². The van der Waals surface area contributed by atoms with Crippen molar-refractivity contribution >= 4 is 17.7 Å². The van der Waals surface area contributed by atoms with Crippen LogP contribution in [0.25, 0.3) is 0 Å². The predicted octanol–water partition coefficient (Wildman–Crippen LogP) is 2.77. The molecule has 0 bridgehead atoms. The largest absolute Gasteiger partial charge is 0.484 e. The number of benzene rings is 2. The molecule has 0 aliphatic carbocycles. The van der Waals surface area contributed by atoms with Gasteiger partial charge in [-0.25, -0.2) is 4.79 Å². The number of cyclic esters (lactones) is 1. The van der Waals surface area contributed by atoms with Crippen molar-refractivity contribution in [1.29, 1.82) is 0 Å². The number of rotatable bonds is 7. The van der Waals surface area contributed by atoms with Crippen LogP contribution in [0.1, 0.15) is 12.5 Å². The Morgan fingerprint density at radius 1 is 1.19 bits per heavy atom. The summed E-state index contributed by atoms with van der Waals surface area (Å²) in [5.74, 6) is 0.382. The third-order valence-corrected chi connectivity index (χ3v) is 4.17. The number of para-hydroxylation sites is 1. The van der Waals surface area contributed by atoms with E-state index >= 15 is 0 Å². The van der Waals surface area contributed by atoms with E-state index in [2.05, 4.69) is 12.2 Å². The van der Waals surface area contributed by atoms with Gasteiger partial charge >= 0.3 is 6.09 Å². The Balaban J connectivity index is 1.45. The number of hydrogen-bond acceptors (Lipinski definition) is 4. The summed E-state index contributed by atoms with van der Waals surface area (Å²) in [5, 5.41) is 2.74. The van der Waals surface area contributed by atoms with Crippen LogP contribution in [0.2, 0.25) is 0 Å². The Hall–Kier alpha value is -3.02. The number of carbonyl (C=O) groups excluding carboxylic acids is 2. The van der Waals surface area contributed by atoms with Crippen molar-refractivity contribution in [3.05, 3.63) is 60.2 Å². The lowest BCUT2D eigenvalue weighted by Gasteiger charge is -2.13. The highest BCUT2D eigenvalue weighted by Gasteiger charge is 2.32. The minimum atomic E-state index is -0.394. The summed E-state index contributed by atoms with van der Waals surface area (Å²) in [6.45, 7) is 2.67. The number of anilines is 1. The van der Waals surface area contributed by atoms with Gasteiger partial charge in [-0.3, -0.25) is 9.69 Å². The molecule has 0 saturated carbocycles. The molecule has 1 aliphatic rings. The van der Waals surface area contributed by atoms with Gasteiger partial charge in [0.1, 0.15) is 11.9 Å². The van der Waals surface area contributed by atoms with E-state index in [0.717, 1.165) is 12.1 Å². The summed E-state index contributed by atoms with van der Waals surface area (Å²) in [7, 11) is 0. The van der Waals surface area contributed by atoms with E-state index in [4.69, 9.17) is 9.47 Å². The topological polar surface area (TPSA) is 67.9 Å². The molecule has 0 spiro atoms. The molecule has 0 aromatic heterocycles. The average molecular weight is 354 g/mol. The van der Waals surface area contributed by atoms with Crippen LogP contribution >= 0.6 is 0 Å². The SMILES string of the molecule is CCc1ccc(N2CC(CNC(=O)COc3ccccc3)OC2=O)cc1. The first-order valence-corrected chi connectivity index (χ1v) is 8.67. The standard InChI is InChI=1S/C20H22N2O4/c1-2-15-8-10-16(11-9-15)22-13-18(26-20(22)24)12-21-19(23)14-25-17-6-4-3-5-7-17/h3-11,18H,2,12-14H2,1H3,(H,21,23). The zero-order chi connectivity index (χ0) is 18.4. The highest BCUT2D eigenvalue weighted by Crippen LogP contribution is 2.22. The zero-order valence-electron chi connectivity index (χ0n) is 14.7. The molecule has 26 heavy (non-hydrogen) atoms. The van der Waals surface area contributed by atoms with Gasteiger partial charge in [0.25, 0.3) is 5.91 Å². The molecular weight excluding hydrogens is 332 g/mol. The number of amides is 2. The molecule has 6 heteroatoms. The second kappa shape index (κ2) is 8.38. The number of nitrogens with zero attached hydrogens (tertiary/aromatic N) is 1. The molecule has 1 aliphatic heterocycles. The minimum Gasteiger partial charge on any atom is -0.484 e. The van der Waals surface area contributed by atoms with Crippen LogP contribution in [0.5, 0.6) is 5.75 Å². The summed E-state index contributed by atoms with van der Waals surface area (Å²) < 4.78 is 10.7. The fraction of sp³-hybridized carbons (Fsp3) is 0.300. The van der Waals surface area contributed by atoms with Gasteiger partial charge in [-0.2, -0.15) is 0 Å². The molecule has 1 fully saturated rings. The molecular formula is C20H22N2O4. The average Bonchev–Trinajstić information content (AvgIpc) is 3.06. The molecule has 1 unspecified atom stereocenters. The summed E-state index contributed by atoms with van der Waals surface area (Å²) in [6, 6.07) is 16.9. The fourth-order valence-corrected chi connectivity index (χ4v) is 2.69. The van der Waals surface area contributed by atoms with E-state index in [-0.39, 0.29) is 25.2 Å². The number of ether oxygens (including phenoxy) is 2. The van der Waals surface area contributed by atoms with Gasteiger partial charge in [-0.15, -0.1) is 0 Å². The third kappa shape index (κ3) is 4.53. The van der Waals surface area contributed by atoms with Crippen molar-refractivity contribution in [3.8, 4) is 5.75 Å². The molecule has 1 heterocycles. The quantitative estimate of drug-likeness (QED) is 0.830. The van der Waals surface area contributed by atoms with Crippen LogP contribution in [-0.2, 0) is 16.0 Å². The Bertz CT molecular complexity index is 746. The van der Waals surface area contributed by atoms with Crippen LogP contribution in [0, 0.1) is 0 Å². The number of carbonyl (C=O) groups is 2. The number of hydrogen-bond donors (Lipinski definition) is 1. The van der Waals surface area contributed by atoms with Crippen LogP contribution < -0.4 is 15.0 Å². The van der Waals surface area contributed by atoms with E-state index in [0.29, 0.717) is 12.3 Å². The Morgan fingerprint density at radius 3 is 2.62 bits per heavy atom. The maximum Gasteiger partial charge on any atom is 0.414 e. The molecule has 2 amide bonds. The molecule has 1 N–H and O–H groups in total. The molecule has 1 atom stereocenters. The van der Waals surface area contributed by atoms with Crippen LogP contribution in [-0.4, -0.2) is 37.8 Å². The summed E-state index contributed by atoms with van der Waals surface area (Å²) >= 11 is 0. The number of nitrogens with one attached hydrogen (secondary N) is 1. The van der Waals surface area contributed by atoms with Crippen LogP contribution in [0.4, 0.5) is 10.5 Å². The second-order valence-electron chi connectivity index (χ2n) is 6.04. The first kappa shape index (κ1) is 17.8. The van der Waals surface area contributed by atoms with Crippen LogP contribution in [0.3, 0.4) is 0 Å². The molecule has 0 radical (unpaired) electrons. The Morgan fingerprint density at radius 2 is 1.92 bits per heavy atom. The van der Waals surface area contributed by atoms with Crippen LogP contribution in [0.15, 0.2) is 54.6 Å². The molecule has 1 saturated heterocycles. The highest BCUT2D eigenvalue weighted by atomic mass is 16.6. The summed E-state index contributed by atoms with van der Waals surface area (Å²) in [4.78, 5) is 25.5. The predicted molar refractivity (Wildman–Crippen MR) is 98.4 cm³/mol. The Labute approximate surface area is 152 Å². The van der Waals surface area contributed by atoms with Gasteiger partial charge < -0.3 is 14.8 Å². The molecule has 6 nitrogen and oxygen atoms in total. The lowest BCUT2D eigenvalue weighted by atomic mass is 10.1. The first-order chi connectivity index (χ1) is 12.7. The van der Waals surface area contributed by atoms with E-state index in [1.54, 1.807) is 17.0 Å². The molecule has 136 valence electrons. The van der Waals surface area contributed by atoms with Crippen molar-refractivity contribution in [1.82, 2.24) is 5.32 Å². The normalized spacial score (nSPS) is 16.3. The Kier molecular flexibility index (Phi) is 5.73. The van der Waals surface area contributed by atoms with Gasteiger partial charge in [-0.1, -0.05) is 37.3 Å². The fourth-order valence-electron chi connectivity index (χ4n) is 2.69. The van der Waals surface area contributed by atoms with Gasteiger partial charge in [0.05, 0.1) is 13.1 Å². The smallest absolute Gasteiger partial charge is 0.414 e. The van der Waals surface area contributed by atoms with Crippen molar-refractivity contribution in [2.24, 2.45) is 0 Å². The van der Waals surface area contributed by atoms with Gasteiger partial charge in [-0.05, 0) is 36.2 Å². The van der Waals surface area contributed by atoms with E-state index in [9.17, 15) is 9.59 Å². The maximum absolute atomic E-state index is 12.1. The summed E-state index contributed by atoms with van der Waals surface area (Å²) in [5.41, 5.74) is 2.01. The molecule has 2 aromatic rings. The summed E-state index contributed by atoms with van der Waals surface area (Å²) in [6.07, 6.45) is 0.174. The third-order valence-electron chi connectivity index (χ3n) is 4.17. The van der Waals surface area contributed by atoms with Crippen molar-refractivity contribution in [2.75, 3.05) is 24.6 Å². The van der Waals surface area contributed by atoms with Crippen molar-refractivity contribution in [3.63, 3.8) is 0 Å². The lowest BCUT2D eigenvalue weighted by Crippen LogP contribution is -2.37. The van der Waals surface area contributed by atoms with Gasteiger partial charge in [0.2, 0.25) is 0 Å². The maximum atomic E-state index is 12.1. The number of aryl methyl sites for hydroxylation is 1. The van der Waals surface area contributed by atoms with E-state index < -0.39 is 6.09 Å². The minimum absolute atomic E-state index is 0.0765. The second-order valence-corrected chi connectivity index (χ2v) is 6.04. The highest BCUT2D eigenvalue weighted by molar-refractivity contribution is 5.89. The van der Waals surface area contributed by atoms with Gasteiger partial charge in [0, 0.05) is 5.69 Å². The van der Waals surface area contributed by atoms with Gasteiger partial charge in [0.15, 0.2) is 6.61 Å². The lowest BCUT2D eigenvalue weighted by molar-refractivity contribution is -0.123. The molecule has 3 rings (SSSR count). The first-order valence-electron chi connectivity index (χ1n) is 8.67. The monoisotopic (exact) mass is 354 g/mol. The molecule has 2 aromatic carbocycles. The van der Waals surface area contributed by atoms with E-state index in [1.165, 1.54) is 5.56 Å². The van der Waals surface area contributed by atoms with Crippen molar-refractivity contribution in [2.45, 2.75) is 19.4 Å².